The zero-order valence-corrected chi connectivity index (χ0v) is 10.7. The molecule has 1 aromatic rings. The fraction of sp³-hybridized carbons (Fsp3) is 0.727. The van der Waals surface area contributed by atoms with Crippen LogP contribution < -0.4 is 5.56 Å². The van der Waals surface area contributed by atoms with Crippen molar-refractivity contribution in [1.29, 1.82) is 0 Å². The highest BCUT2D eigenvalue weighted by molar-refractivity contribution is 7.10. The zero-order chi connectivity index (χ0) is 11.1. The Kier molecular flexibility index (Phi) is 6.03. The molecule has 0 amide bonds. The third-order valence-corrected chi connectivity index (χ3v) is 3.70. The van der Waals surface area contributed by atoms with Crippen LogP contribution >= 0.6 is 23.1 Å². The molecule has 0 fully saturated rings. The van der Waals surface area contributed by atoms with E-state index in [4.69, 9.17) is 11.6 Å². The SMILES string of the molecule is CCCCCCCCc1c(Cl)s[nH]c1=O. The number of nitrogens with one attached hydrogen (secondary N) is 1. The van der Waals surface area contributed by atoms with Gasteiger partial charge in [-0.3, -0.25) is 9.17 Å². The smallest absolute Gasteiger partial charge is 0.262 e. The number of H-pyrrole nitrogens is 1. The summed E-state index contributed by atoms with van der Waals surface area (Å²) in [6.07, 6.45) is 8.27. The minimum atomic E-state index is -0.00134. The number of hydrogen-bond acceptors (Lipinski definition) is 2. The molecule has 0 saturated carbocycles. The molecule has 0 bridgehead atoms. The Balaban J connectivity index is 2.18. The van der Waals surface area contributed by atoms with Crippen molar-refractivity contribution in [2.45, 2.75) is 51.9 Å². The van der Waals surface area contributed by atoms with Gasteiger partial charge in [-0.25, -0.2) is 0 Å². The van der Waals surface area contributed by atoms with Crippen LogP contribution in [0.25, 0.3) is 0 Å². The van der Waals surface area contributed by atoms with Crippen LogP contribution in [-0.2, 0) is 6.42 Å². The summed E-state index contributed by atoms with van der Waals surface area (Å²) in [6, 6.07) is 0. The van der Waals surface area contributed by atoms with Gasteiger partial charge in [0, 0.05) is 5.56 Å². The summed E-state index contributed by atoms with van der Waals surface area (Å²) in [5.74, 6) is 0. The van der Waals surface area contributed by atoms with Crippen molar-refractivity contribution in [1.82, 2.24) is 4.37 Å². The summed E-state index contributed by atoms with van der Waals surface area (Å²) >= 11 is 7.13. The number of hydrogen-bond donors (Lipinski definition) is 1. The van der Waals surface area contributed by atoms with E-state index >= 15 is 0 Å². The van der Waals surface area contributed by atoms with Gasteiger partial charge in [0.2, 0.25) is 0 Å². The lowest BCUT2D eigenvalue weighted by atomic mass is 10.1. The van der Waals surface area contributed by atoms with E-state index in [1.54, 1.807) is 0 Å². The highest BCUT2D eigenvalue weighted by Gasteiger charge is 2.07. The van der Waals surface area contributed by atoms with Gasteiger partial charge in [-0.1, -0.05) is 50.6 Å². The molecule has 2 nitrogen and oxygen atoms in total. The monoisotopic (exact) mass is 247 g/mol. The second-order valence-electron chi connectivity index (χ2n) is 3.80. The van der Waals surface area contributed by atoms with Crippen molar-refractivity contribution in [2.75, 3.05) is 0 Å². The van der Waals surface area contributed by atoms with E-state index in [2.05, 4.69) is 11.3 Å². The van der Waals surface area contributed by atoms with Gasteiger partial charge in [-0.15, -0.1) is 0 Å². The molecular weight excluding hydrogens is 230 g/mol. The van der Waals surface area contributed by atoms with Crippen molar-refractivity contribution in [3.63, 3.8) is 0 Å². The Labute approximate surface area is 99.8 Å². The third-order valence-electron chi connectivity index (χ3n) is 2.53. The molecule has 0 aromatic carbocycles. The van der Waals surface area contributed by atoms with Gasteiger partial charge in [-0.05, 0) is 24.4 Å². The van der Waals surface area contributed by atoms with Crippen molar-refractivity contribution >= 4 is 23.1 Å². The Morgan fingerprint density at radius 2 is 1.87 bits per heavy atom. The second-order valence-corrected chi connectivity index (χ2v) is 5.22. The fourth-order valence-electron chi connectivity index (χ4n) is 1.60. The molecule has 0 aliphatic carbocycles. The Morgan fingerprint density at radius 3 is 2.47 bits per heavy atom. The average molecular weight is 248 g/mol. The maximum Gasteiger partial charge on any atom is 0.262 e. The topological polar surface area (TPSA) is 32.9 Å². The molecule has 0 atom stereocenters. The molecule has 0 saturated heterocycles. The van der Waals surface area contributed by atoms with E-state index < -0.39 is 0 Å². The van der Waals surface area contributed by atoms with Gasteiger partial charge in [0.15, 0.2) is 0 Å². The number of rotatable bonds is 7. The van der Waals surface area contributed by atoms with Gasteiger partial charge in [0.25, 0.3) is 5.56 Å². The molecular formula is C11H18ClNOS. The van der Waals surface area contributed by atoms with Crippen LogP contribution in [0.4, 0.5) is 0 Å². The number of aromatic amines is 1. The summed E-state index contributed by atoms with van der Waals surface area (Å²) in [7, 11) is 0. The van der Waals surface area contributed by atoms with E-state index in [0.29, 0.717) is 4.34 Å². The molecule has 0 aliphatic heterocycles. The summed E-state index contributed by atoms with van der Waals surface area (Å²) in [5, 5.41) is 0. The number of aromatic nitrogens is 1. The molecule has 15 heavy (non-hydrogen) atoms. The first kappa shape index (κ1) is 12.8. The van der Waals surface area contributed by atoms with Crippen LogP contribution in [0.2, 0.25) is 4.34 Å². The maximum absolute atomic E-state index is 11.3. The van der Waals surface area contributed by atoms with Gasteiger partial charge in [0.1, 0.15) is 4.34 Å². The molecule has 4 heteroatoms. The summed E-state index contributed by atoms with van der Waals surface area (Å²) in [5.41, 5.74) is 0.774. The summed E-state index contributed by atoms with van der Waals surface area (Å²) in [4.78, 5) is 11.3. The lowest BCUT2D eigenvalue weighted by molar-refractivity contribution is 0.607. The predicted octanol–water partition coefficient (Wildman–Crippen LogP) is 3.99. The van der Waals surface area contributed by atoms with Crippen LogP contribution in [0.15, 0.2) is 4.79 Å². The highest BCUT2D eigenvalue weighted by atomic mass is 35.5. The van der Waals surface area contributed by atoms with Crippen LogP contribution in [0, 0.1) is 0 Å². The number of halogens is 1. The van der Waals surface area contributed by atoms with E-state index in [1.165, 1.54) is 43.6 Å². The zero-order valence-electron chi connectivity index (χ0n) is 9.14. The molecule has 1 heterocycles. The van der Waals surface area contributed by atoms with Gasteiger partial charge in [-0.2, -0.15) is 0 Å². The lowest BCUT2D eigenvalue weighted by Crippen LogP contribution is -2.05. The predicted molar refractivity (Wildman–Crippen MR) is 67.0 cm³/mol. The second kappa shape index (κ2) is 7.07. The van der Waals surface area contributed by atoms with Gasteiger partial charge < -0.3 is 0 Å². The van der Waals surface area contributed by atoms with Crippen LogP contribution in [0.5, 0.6) is 0 Å². The summed E-state index contributed by atoms with van der Waals surface area (Å²) in [6.45, 7) is 2.21. The Bertz CT molecular complexity index is 332. The molecule has 1 rings (SSSR count). The Hall–Kier alpha value is -0.280. The average Bonchev–Trinajstić information content (AvgIpc) is 2.54. The van der Waals surface area contributed by atoms with E-state index in [0.717, 1.165) is 18.4 Å². The Morgan fingerprint density at radius 1 is 1.20 bits per heavy atom. The standard InChI is InChI=1S/C11H18ClNOS/c1-2-3-4-5-6-7-8-9-10(12)15-13-11(9)14/h2-8H2,1H3,(H,13,14). The minimum absolute atomic E-state index is 0.00134. The van der Waals surface area contributed by atoms with Crippen LogP contribution in [0.3, 0.4) is 0 Å². The van der Waals surface area contributed by atoms with Gasteiger partial charge in [0.05, 0.1) is 0 Å². The first-order valence-corrected chi connectivity index (χ1v) is 6.81. The van der Waals surface area contributed by atoms with Crippen molar-refractivity contribution in [3.8, 4) is 0 Å². The largest absolute Gasteiger partial charge is 0.276 e. The van der Waals surface area contributed by atoms with Crippen LogP contribution in [0.1, 0.15) is 51.0 Å². The first-order valence-electron chi connectivity index (χ1n) is 5.61. The maximum atomic E-state index is 11.3. The van der Waals surface area contributed by atoms with Crippen molar-refractivity contribution < 1.29 is 0 Å². The molecule has 0 radical (unpaired) electrons. The normalized spacial score (nSPS) is 10.8. The van der Waals surface area contributed by atoms with Crippen molar-refractivity contribution in [3.05, 3.63) is 20.3 Å². The molecule has 86 valence electrons. The van der Waals surface area contributed by atoms with E-state index in [9.17, 15) is 4.79 Å². The van der Waals surface area contributed by atoms with E-state index in [1.807, 2.05) is 0 Å². The molecule has 0 aliphatic rings. The van der Waals surface area contributed by atoms with Gasteiger partial charge >= 0.3 is 0 Å². The number of unbranched alkanes of at least 4 members (excludes halogenated alkanes) is 5. The molecule has 1 aromatic heterocycles. The first-order chi connectivity index (χ1) is 7.25. The minimum Gasteiger partial charge on any atom is -0.276 e. The molecule has 1 N–H and O–H groups in total. The highest BCUT2D eigenvalue weighted by Crippen LogP contribution is 2.18. The van der Waals surface area contributed by atoms with E-state index in [-0.39, 0.29) is 5.56 Å². The lowest BCUT2D eigenvalue weighted by Gasteiger charge is -1.99. The fourth-order valence-corrected chi connectivity index (χ4v) is 2.52. The quantitative estimate of drug-likeness (QED) is 0.726. The van der Waals surface area contributed by atoms with Crippen molar-refractivity contribution in [2.24, 2.45) is 0 Å². The summed E-state index contributed by atoms with van der Waals surface area (Å²) < 4.78 is 3.29. The van der Waals surface area contributed by atoms with Crippen LogP contribution in [-0.4, -0.2) is 4.37 Å². The molecule has 0 unspecified atom stereocenters. The third kappa shape index (κ3) is 4.39. The molecule has 0 spiro atoms.